The fourth-order valence-electron chi connectivity index (χ4n) is 3.85. The second-order valence-corrected chi connectivity index (χ2v) is 8.72. The van der Waals surface area contributed by atoms with Crippen molar-refractivity contribution in [3.05, 3.63) is 101 Å². The van der Waals surface area contributed by atoms with Crippen LogP contribution in [0, 0.1) is 0 Å². The van der Waals surface area contributed by atoms with E-state index in [0.717, 1.165) is 28.6 Å². The van der Waals surface area contributed by atoms with Crippen LogP contribution in [0.15, 0.2) is 83.0 Å². The Labute approximate surface area is 207 Å². The Kier molecular flexibility index (Phi) is 7.10. The Hall–Kier alpha value is -4.14. The maximum absolute atomic E-state index is 13.0. The molecule has 0 saturated heterocycles. The topological polar surface area (TPSA) is 84.3 Å². The summed E-state index contributed by atoms with van der Waals surface area (Å²) in [6, 6.07) is 18.7. The highest BCUT2D eigenvalue weighted by atomic mass is 19.4. The van der Waals surface area contributed by atoms with Gasteiger partial charge in [-0.2, -0.15) is 13.2 Å². The number of aromatic nitrogens is 3. The smallest absolute Gasteiger partial charge is 0.383 e. The molecule has 0 aliphatic rings. The summed E-state index contributed by atoms with van der Waals surface area (Å²) < 4.78 is 40.4. The molecule has 186 valence electrons. The van der Waals surface area contributed by atoms with Gasteiger partial charge in [-0.25, -0.2) is 9.98 Å². The number of amidine groups is 2. The van der Waals surface area contributed by atoms with Gasteiger partial charge in [-0.3, -0.25) is 4.99 Å². The van der Waals surface area contributed by atoms with E-state index in [1.165, 1.54) is 11.6 Å². The highest BCUT2D eigenvalue weighted by Gasteiger charge is 2.34. The lowest BCUT2D eigenvalue weighted by Crippen LogP contribution is -2.19. The number of aryl methyl sites for hydroxylation is 1. The van der Waals surface area contributed by atoms with Crippen molar-refractivity contribution < 1.29 is 13.2 Å². The first-order valence-electron chi connectivity index (χ1n) is 11.4. The predicted molar refractivity (Wildman–Crippen MR) is 136 cm³/mol. The lowest BCUT2D eigenvalue weighted by molar-refractivity contribution is -0.140. The maximum atomic E-state index is 13.0. The van der Waals surface area contributed by atoms with Crippen molar-refractivity contribution in [1.82, 2.24) is 14.5 Å². The first kappa shape index (κ1) is 25.0. The predicted octanol–water partition coefficient (Wildman–Crippen LogP) is 5.91. The monoisotopic (exact) mass is 492 g/mol. The Morgan fingerprint density at radius 3 is 2.39 bits per heavy atom. The van der Waals surface area contributed by atoms with Gasteiger partial charge in [0.1, 0.15) is 11.7 Å². The average Bonchev–Trinajstić information content (AvgIpc) is 3.52. The van der Waals surface area contributed by atoms with Crippen LogP contribution >= 0.6 is 0 Å². The molecule has 36 heavy (non-hydrogen) atoms. The second kappa shape index (κ2) is 10.2. The zero-order valence-electron chi connectivity index (χ0n) is 20.2. The van der Waals surface area contributed by atoms with Crippen LogP contribution in [0.3, 0.4) is 0 Å². The van der Waals surface area contributed by atoms with E-state index in [-0.39, 0.29) is 11.7 Å². The molecule has 0 radical (unpaired) electrons. The number of hydrogen-bond donors (Lipinski definition) is 2. The van der Waals surface area contributed by atoms with Crippen molar-refractivity contribution in [3.63, 3.8) is 0 Å². The molecule has 0 amide bonds. The highest BCUT2D eigenvalue weighted by molar-refractivity contribution is 6.10. The van der Waals surface area contributed by atoms with Gasteiger partial charge < -0.3 is 15.3 Å². The third-order valence-corrected chi connectivity index (χ3v) is 5.71. The number of halogens is 3. The summed E-state index contributed by atoms with van der Waals surface area (Å²) in [7, 11) is 1.54. The molecule has 0 atom stereocenters. The summed E-state index contributed by atoms with van der Waals surface area (Å²) >= 11 is 0. The van der Waals surface area contributed by atoms with E-state index in [1.54, 1.807) is 18.3 Å². The van der Waals surface area contributed by atoms with E-state index in [0.29, 0.717) is 23.8 Å². The Balaban J connectivity index is 1.60. The van der Waals surface area contributed by atoms with Crippen LogP contribution in [0.4, 0.5) is 13.2 Å². The van der Waals surface area contributed by atoms with Gasteiger partial charge in [0.25, 0.3) is 0 Å². The van der Waals surface area contributed by atoms with Crippen molar-refractivity contribution in [2.75, 3.05) is 0 Å². The molecule has 4 aromatic rings. The fourth-order valence-corrected chi connectivity index (χ4v) is 3.85. The first-order valence-corrected chi connectivity index (χ1v) is 11.4. The maximum Gasteiger partial charge on any atom is 0.434 e. The summed E-state index contributed by atoms with van der Waals surface area (Å²) in [4.78, 5) is 16.2. The molecule has 2 aromatic heterocycles. The lowest BCUT2D eigenvalue weighted by Gasteiger charge is -2.12. The number of H-pyrrole nitrogens is 1. The number of aliphatic imine (C=N–C) groups is 2. The van der Waals surface area contributed by atoms with Gasteiger partial charge in [0.15, 0.2) is 11.5 Å². The molecule has 0 unspecified atom stereocenters. The minimum Gasteiger partial charge on any atom is -0.383 e. The third kappa shape index (κ3) is 5.56. The number of rotatable bonds is 6. The molecule has 6 nitrogen and oxygen atoms in total. The fraction of sp³-hybridized carbons (Fsp3) is 0.222. The molecular weight excluding hydrogens is 465 g/mol. The van der Waals surface area contributed by atoms with Gasteiger partial charge in [-0.1, -0.05) is 62.4 Å². The standard InChI is InChI=1S/C27H27F3N6/c1-17(2)20-7-4-5-8-21(20)24(31)35-25(22-9-6-14-32-22)33-15-18-10-12-19(13-11-18)26-34-23(16-36(26)3)27(28,29)30/h4-14,16-17,32H,15H2,1-3H3,(H2,31,33,35). The van der Waals surface area contributed by atoms with Crippen molar-refractivity contribution in [2.45, 2.75) is 32.5 Å². The number of nitrogens with one attached hydrogen (secondary N) is 1. The summed E-state index contributed by atoms with van der Waals surface area (Å²) in [5, 5.41) is 0. The molecule has 0 bridgehead atoms. The molecule has 2 heterocycles. The van der Waals surface area contributed by atoms with Crippen LogP contribution in [0.2, 0.25) is 0 Å². The van der Waals surface area contributed by atoms with Gasteiger partial charge in [0.2, 0.25) is 0 Å². The van der Waals surface area contributed by atoms with Crippen LogP contribution in [-0.2, 0) is 19.8 Å². The van der Waals surface area contributed by atoms with Crippen LogP contribution in [0.1, 0.15) is 47.8 Å². The number of alkyl halides is 3. The highest BCUT2D eigenvalue weighted by Crippen LogP contribution is 2.30. The Morgan fingerprint density at radius 1 is 1.06 bits per heavy atom. The Bertz CT molecular complexity index is 1380. The van der Waals surface area contributed by atoms with Crippen molar-refractivity contribution in [3.8, 4) is 11.4 Å². The molecule has 0 spiro atoms. The summed E-state index contributed by atoms with van der Waals surface area (Å²) in [6.07, 6.45) is -1.72. The van der Waals surface area contributed by atoms with Gasteiger partial charge in [0, 0.05) is 30.6 Å². The molecular formula is C27H27F3N6. The van der Waals surface area contributed by atoms with Gasteiger partial charge in [-0.15, -0.1) is 0 Å². The average molecular weight is 493 g/mol. The van der Waals surface area contributed by atoms with E-state index in [1.807, 2.05) is 48.5 Å². The molecule has 4 rings (SSSR count). The van der Waals surface area contributed by atoms with Crippen molar-refractivity contribution in [1.29, 1.82) is 0 Å². The Morgan fingerprint density at radius 2 is 1.78 bits per heavy atom. The number of benzene rings is 2. The number of nitrogens with two attached hydrogens (primary N) is 1. The molecule has 9 heteroatoms. The minimum absolute atomic E-state index is 0.241. The van der Waals surface area contributed by atoms with Gasteiger partial charge in [0.05, 0.1) is 12.2 Å². The van der Waals surface area contributed by atoms with E-state index >= 15 is 0 Å². The summed E-state index contributed by atoms with van der Waals surface area (Å²) in [5.74, 6) is 1.35. The molecule has 0 fully saturated rings. The van der Waals surface area contributed by atoms with E-state index < -0.39 is 11.9 Å². The van der Waals surface area contributed by atoms with Crippen molar-refractivity contribution in [2.24, 2.45) is 22.8 Å². The lowest BCUT2D eigenvalue weighted by atomic mass is 9.97. The van der Waals surface area contributed by atoms with Crippen molar-refractivity contribution >= 4 is 11.7 Å². The van der Waals surface area contributed by atoms with Crippen LogP contribution in [-0.4, -0.2) is 26.2 Å². The SMILES string of the molecule is CC(C)c1ccccc1C(N)=NC(=NCc1ccc(-c2nc(C(F)(F)F)cn2C)cc1)c1ccc[nH]1. The quantitative estimate of drug-likeness (QED) is 0.259. The van der Waals surface area contributed by atoms with E-state index in [9.17, 15) is 13.2 Å². The van der Waals surface area contributed by atoms with E-state index in [4.69, 9.17) is 5.73 Å². The van der Waals surface area contributed by atoms with E-state index in [2.05, 4.69) is 33.8 Å². The zero-order chi connectivity index (χ0) is 25.9. The number of aromatic amines is 1. The zero-order valence-corrected chi connectivity index (χ0v) is 20.2. The van der Waals surface area contributed by atoms with Crippen LogP contribution in [0.25, 0.3) is 11.4 Å². The summed E-state index contributed by atoms with van der Waals surface area (Å²) in [5.41, 5.74) is 9.63. The number of imidazole rings is 1. The molecule has 3 N–H and O–H groups in total. The van der Waals surface area contributed by atoms with Crippen LogP contribution in [0.5, 0.6) is 0 Å². The third-order valence-electron chi connectivity index (χ3n) is 5.71. The summed E-state index contributed by atoms with van der Waals surface area (Å²) in [6.45, 7) is 4.51. The second-order valence-electron chi connectivity index (χ2n) is 8.72. The van der Waals surface area contributed by atoms with Crippen LogP contribution < -0.4 is 5.73 Å². The molecule has 2 aromatic carbocycles. The normalized spacial score (nSPS) is 13.0. The molecule has 0 aliphatic carbocycles. The number of hydrogen-bond acceptors (Lipinski definition) is 2. The van der Waals surface area contributed by atoms with Gasteiger partial charge in [-0.05, 0) is 29.2 Å². The molecule has 0 aliphatic heterocycles. The first-order chi connectivity index (χ1) is 17.1. The van der Waals surface area contributed by atoms with Gasteiger partial charge >= 0.3 is 6.18 Å². The minimum atomic E-state index is -4.49. The largest absolute Gasteiger partial charge is 0.434 e. The molecule has 0 saturated carbocycles. The number of nitrogens with zero attached hydrogens (tertiary/aromatic N) is 4.